The highest BCUT2D eigenvalue weighted by Gasteiger charge is 2.12. The van der Waals surface area contributed by atoms with Gasteiger partial charge >= 0.3 is 0 Å². The second-order valence-corrected chi connectivity index (χ2v) is 7.49. The summed E-state index contributed by atoms with van der Waals surface area (Å²) < 4.78 is 21.5. The van der Waals surface area contributed by atoms with Crippen LogP contribution in [0.1, 0.15) is 5.56 Å². The van der Waals surface area contributed by atoms with Crippen LogP contribution in [0.4, 0.5) is 21.5 Å². The molecule has 1 saturated heterocycles. The van der Waals surface area contributed by atoms with Gasteiger partial charge in [-0.25, -0.2) is 9.37 Å². The predicted octanol–water partition coefficient (Wildman–Crippen LogP) is 5.03. The van der Waals surface area contributed by atoms with Crippen LogP contribution in [0.2, 0.25) is 0 Å². The third-order valence-electron chi connectivity index (χ3n) is 5.54. The number of anilines is 3. The zero-order valence-electron chi connectivity index (χ0n) is 16.8. The fourth-order valence-electron chi connectivity index (χ4n) is 3.83. The first-order valence-corrected chi connectivity index (χ1v) is 10.1. The maximum Gasteiger partial charge on any atom is 0.161 e. The smallest absolute Gasteiger partial charge is 0.161 e. The normalized spacial score (nSPS) is 14.3. The number of fused-ring (bicyclic) bond motifs is 1. The molecule has 6 heteroatoms. The Kier molecular flexibility index (Phi) is 4.85. The first kappa shape index (κ1) is 18.6. The fraction of sp³-hybridized carbons (Fsp3) is 0.208. The molecule has 30 heavy (non-hydrogen) atoms. The van der Waals surface area contributed by atoms with Crippen molar-refractivity contribution in [1.82, 2.24) is 9.38 Å². The molecule has 152 valence electrons. The van der Waals surface area contributed by atoms with Gasteiger partial charge in [0, 0.05) is 42.4 Å². The zero-order chi connectivity index (χ0) is 20.5. The van der Waals surface area contributed by atoms with Crippen molar-refractivity contribution in [1.29, 1.82) is 0 Å². The quantitative estimate of drug-likeness (QED) is 0.520. The summed E-state index contributed by atoms with van der Waals surface area (Å²) in [5.41, 5.74) is 6.25. The van der Waals surface area contributed by atoms with E-state index in [1.165, 1.54) is 5.69 Å². The summed E-state index contributed by atoms with van der Waals surface area (Å²) >= 11 is 0. The van der Waals surface area contributed by atoms with Gasteiger partial charge in [0.2, 0.25) is 0 Å². The highest BCUT2D eigenvalue weighted by Crippen LogP contribution is 2.29. The number of halogens is 1. The number of pyridine rings is 1. The van der Waals surface area contributed by atoms with Crippen LogP contribution < -0.4 is 10.2 Å². The summed E-state index contributed by atoms with van der Waals surface area (Å²) in [5, 5.41) is 3.46. The first-order valence-electron chi connectivity index (χ1n) is 10.1. The molecular formula is C24H23FN4O. The molecule has 1 N–H and O–H groups in total. The van der Waals surface area contributed by atoms with Crippen LogP contribution in [0.3, 0.4) is 0 Å². The highest BCUT2D eigenvalue weighted by molar-refractivity contribution is 5.78. The Morgan fingerprint density at radius 2 is 1.80 bits per heavy atom. The van der Waals surface area contributed by atoms with Crippen LogP contribution in [0.15, 0.2) is 67.0 Å². The van der Waals surface area contributed by atoms with Crippen molar-refractivity contribution in [2.45, 2.75) is 6.92 Å². The fourth-order valence-corrected chi connectivity index (χ4v) is 3.83. The van der Waals surface area contributed by atoms with Crippen LogP contribution in [0, 0.1) is 12.7 Å². The van der Waals surface area contributed by atoms with Crippen LogP contribution in [-0.2, 0) is 4.74 Å². The summed E-state index contributed by atoms with van der Waals surface area (Å²) in [6.07, 6.45) is 3.66. The van der Waals surface area contributed by atoms with E-state index in [1.54, 1.807) is 25.3 Å². The highest BCUT2D eigenvalue weighted by atomic mass is 19.1. The molecule has 1 aliphatic rings. The Labute approximate surface area is 174 Å². The molecule has 0 radical (unpaired) electrons. The molecule has 5 rings (SSSR count). The van der Waals surface area contributed by atoms with Gasteiger partial charge in [-0.15, -0.1) is 0 Å². The number of nitrogens with one attached hydrogen (secondary N) is 1. The number of nitrogens with zero attached hydrogens (tertiary/aromatic N) is 3. The maximum atomic E-state index is 14.1. The molecule has 0 atom stereocenters. The lowest BCUT2D eigenvalue weighted by atomic mass is 10.1. The van der Waals surface area contributed by atoms with Crippen LogP contribution in [-0.4, -0.2) is 35.7 Å². The number of benzene rings is 2. The maximum absolute atomic E-state index is 14.1. The zero-order valence-corrected chi connectivity index (χ0v) is 16.8. The Hall–Kier alpha value is -3.38. The molecule has 1 aliphatic heterocycles. The van der Waals surface area contributed by atoms with Crippen LogP contribution >= 0.6 is 0 Å². The summed E-state index contributed by atoms with van der Waals surface area (Å²) in [6.45, 7) is 5.15. The van der Waals surface area contributed by atoms with Crippen molar-refractivity contribution in [2.75, 3.05) is 36.5 Å². The number of rotatable bonds is 4. The van der Waals surface area contributed by atoms with E-state index in [0.717, 1.165) is 54.6 Å². The van der Waals surface area contributed by atoms with Crippen LogP contribution in [0.25, 0.3) is 16.9 Å². The van der Waals surface area contributed by atoms with E-state index >= 15 is 0 Å². The Bertz CT molecular complexity index is 1180. The molecule has 0 amide bonds. The number of aromatic nitrogens is 2. The topological polar surface area (TPSA) is 41.8 Å². The molecule has 0 unspecified atom stereocenters. The average Bonchev–Trinajstić information content (AvgIpc) is 3.28. The third kappa shape index (κ3) is 3.50. The number of hydrogen-bond donors (Lipinski definition) is 1. The van der Waals surface area contributed by atoms with Gasteiger partial charge < -0.3 is 15.0 Å². The number of hydrogen-bond acceptors (Lipinski definition) is 4. The second kappa shape index (κ2) is 7.80. The molecule has 3 heterocycles. The van der Waals surface area contributed by atoms with Crippen molar-refractivity contribution in [3.63, 3.8) is 0 Å². The predicted molar refractivity (Wildman–Crippen MR) is 118 cm³/mol. The van der Waals surface area contributed by atoms with Gasteiger partial charge in [0.15, 0.2) is 5.65 Å². The Morgan fingerprint density at radius 1 is 1.00 bits per heavy atom. The lowest BCUT2D eigenvalue weighted by Crippen LogP contribution is -2.36. The molecule has 0 saturated carbocycles. The van der Waals surface area contributed by atoms with Gasteiger partial charge in [0.1, 0.15) is 5.82 Å². The molecular weight excluding hydrogens is 379 g/mol. The minimum Gasteiger partial charge on any atom is -0.378 e. The number of morpholine rings is 1. The summed E-state index contributed by atoms with van der Waals surface area (Å²) in [4.78, 5) is 6.85. The molecule has 2 aromatic carbocycles. The van der Waals surface area contributed by atoms with Gasteiger partial charge in [0.05, 0.1) is 24.6 Å². The largest absolute Gasteiger partial charge is 0.378 e. The van der Waals surface area contributed by atoms with E-state index in [0.29, 0.717) is 5.56 Å². The number of ether oxygens (including phenoxy) is 1. The molecule has 2 aromatic heterocycles. The molecule has 4 aromatic rings. The number of aryl methyl sites for hydroxylation is 1. The Balaban J connectivity index is 1.43. The molecule has 1 fully saturated rings. The van der Waals surface area contributed by atoms with Gasteiger partial charge in [0.25, 0.3) is 0 Å². The Morgan fingerprint density at radius 3 is 2.57 bits per heavy atom. The number of imidazole rings is 1. The lowest BCUT2D eigenvalue weighted by molar-refractivity contribution is 0.122. The average molecular weight is 402 g/mol. The lowest BCUT2D eigenvalue weighted by Gasteiger charge is -2.29. The third-order valence-corrected chi connectivity index (χ3v) is 5.54. The van der Waals surface area contributed by atoms with E-state index in [9.17, 15) is 4.39 Å². The minimum absolute atomic E-state index is 0.205. The van der Waals surface area contributed by atoms with Gasteiger partial charge in [-0.3, -0.25) is 4.40 Å². The molecule has 0 spiro atoms. The van der Waals surface area contributed by atoms with Crippen molar-refractivity contribution in [2.24, 2.45) is 0 Å². The molecule has 0 aliphatic carbocycles. The monoisotopic (exact) mass is 402 g/mol. The van der Waals surface area contributed by atoms with E-state index in [-0.39, 0.29) is 5.82 Å². The molecule has 0 bridgehead atoms. The summed E-state index contributed by atoms with van der Waals surface area (Å²) in [5.74, 6) is -0.205. The van der Waals surface area contributed by atoms with Crippen LogP contribution in [0.5, 0.6) is 0 Å². The van der Waals surface area contributed by atoms with Crippen molar-refractivity contribution in [3.8, 4) is 11.3 Å². The van der Waals surface area contributed by atoms with E-state index in [4.69, 9.17) is 4.74 Å². The van der Waals surface area contributed by atoms with E-state index in [1.807, 2.05) is 28.8 Å². The minimum atomic E-state index is -0.205. The first-order chi connectivity index (χ1) is 14.7. The summed E-state index contributed by atoms with van der Waals surface area (Å²) in [7, 11) is 0. The second-order valence-electron chi connectivity index (χ2n) is 7.49. The van der Waals surface area contributed by atoms with Crippen molar-refractivity contribution in [3.05, 3.63) is 78.4 Å². The van der Waals surface area contributed by atoms with Gasteiger partial charge in [-0.1, -0.05) is 12.1 Å². The van der Waals surface area contributed by atoms with Gasteiger partial charge in [-0.05, 0) is 55.0 Å². The van der Waals surface area contributed by atoms with Crippen molar-refractivity contribution < 1.29 is 9.13 Å². The van der Waals surface area contributed by atoms with E-state index in [2.05, 4.69) is 39.5 Å². The van der Waals surface area contributed by atoms with Gasteiger partial charge in [-0.2, -0.15) is 0 Å². The standard InChI is InChI=1S/C24H23FN4O/c1-17-2-3-18(16-21(17)25)23-9-8-22(24-26-10-11-29(23)24)27-19-4-6-20(7-5-19)28-12-14-30-15-13-28/h2-11,16,27H,12-15H2,1H3. The van der Waals surface area contributed by atoms with E-state index < -0.39 is 0 Å². The SMILES string of the molecule is Cc1ccc(-c2ccc(Nc3ccc(N4CCOCC4)cc3)c3nccn23)cc1F. The summed E-state index contributed by atoms with van der Waals surface area (Å²) in [6, 6.07) is 17.7. The van der Waals surface area contributed by atoms with Crippen molar-refractivity contribution >= 4 is 22.7 Å². The molecule has 5 nitrogen and oxygen atoms in total.